The Kier molecular flexibility index (Phi) is 5.44. The van der Waals surface area contributed by atoms with Crippen molar-refractivity contribution < 1.29 is 9.84 Å². The van der Waals surface area contributed by atoms with Crippen molar-refractivity contribution in [3.63, 3.8) is 0 Å². The fraction of sp³-hybridized carbons (Fsp3) is 0.241. The number of piperazine rings is 1. The molecule has 9 nitrogen and oxygen atoms in total. The molecule has 3 aliphatic heterocycles. The number of fused-ring (bicyclic) bond motifs is 3. The number of methoxy groups -OCH3 is 1. The smallest absolute Gasteiger partial charge is 0.212 e. The van der Waals surface area contributed by atoms with Crippen LogP contribution in [0.1, 0.15) is 12.0 Å². The van der Waals surface area contributed by atoms with Crippen LogP contribution in [0.15, 0.2) is 79.5 Å². The summed E-state index contributed by atoms with van der Waals surface area (Å²) < 4.78 is 6.97. The molecular formula is C29H27N7O2. The van der Waals surface area contributed by atoms with E-state index in [-0.39, 0.29) is 5.75 Å². The molecule has 2 unspecified atom stereocenters. The van der Waals surface area contributed by atoms with Crippen LogP contribution >= 0.6 is 0 Å². The molecule has 0 spiro atoms. The Morgan fingerprint density at radius 3 is 2.42 bits per heavy atom. The molecule has 0 radical (unpaired) electrons. The molecule has 38 heavy (non-hydrogen) atoms. The lowest BCUT2D eigenvalue weighted by molar-refractivity contribution is -0.00876. The van der Waals surface area contributed by atoms with Crippen molar-refractivity contribution in [1.29, 1.82) is 0 Å². The molecule has 8 rings (SSSR count). The summed E-state index contributed by atoms with van der Waals surface area (Å²) in [6.07, 6.45) is 8.59. The van der Waals surface area contributed by atoms with Crippen LogP contribution in [0, 0.1) is 0 Å². The maximum atomic E-state index is 9.68. The van der Waals surface area contributed by atoms with Gasteiger partial charge in [-0.25, -0.2) is 19.5 Å². The van der Waals surface area contributed by atoms with Gasteiger partial charge in [0.05, 0.1) is 7.11 Å². The van der Waals surface area contributed by atoms with Gasteiger partial charge in [-0.1, -0.05) is 18.2 Å². The van der Waals surface area contributed by atoms with Crippen LogP contribution in [-0.2, 0) is 6.54 Å². The number of anilines is 1. The third kappa shape index (κ3) is 4.01. The van der Waals surface area contributed by atoms with Crippen LogP contribution in [-0.4, -0.2) is 66.9 Å². The number of phenols is 1. The van der Waals surface area contributed by atoms with Crippen molar-refractivity contribution in [2.24, 2.45) is 0 Å². The van der Waals surface area contributed by atoms with E-state index >= 15 is 0 Å². The molecule has 5 aromatic rings. The van der Waals surface area contributed by atoms with Gasteiger partial charge in [-0.2, -0.15) is 5.10 Å². The fourth-order valence-corrected chi connectivity index (χ4v) is 5.65. The molecule has 1 N–H and O–H groups in total. The molecule has 0 aliphatic carbocycles. The summed E-state index contributed by atoms with van der Waals surface area (Å²) in [6.45, 7) is 2.85. The SMILES string of the molecule is COc1ccc(CN2C3CC2CN(c2ccc(-c4cc(-c5ccc(O)cc5)cn5ncnc45)cn2)C3)cn1. The van der Waals surface area contributed by atoms with Crippen molar-refractivity contribution in [2.45, 2.75) is 25.0 Å². The van der Waals surface area contributed by atoms with Gasteiger partial charge in [0.2, 0.25) is 5.88 Å². The number of ether oxygens (including phenoxy) is 1. The molecule has 2 atom stereocenters. The van der Waals surface area contributed by atoms with E-state index in [1.54, 1.807) is 30.1 Å². The maximum absolute atomic E-state index is 9.68. The van der Waals surface area contributed by atoms with Crippen LogP contribution in [0.4, 0.5) is 5.82 Å². The number of nitrogens with zero attached hydrogens (tertiary/aromatic N) is 7. The topological polar surface area (TPSA) is 91.9 Å². The molecule has 0 saturated carbocycles. The molecule has 3 aliphatic rings. The first-order valence-corrected chi connectivity index (χ1v) is 12.7. The summed E-state index contributed by atoms with van der Waals surface area (Å²) in [5, 5.41) is 14.0. The molecule has 7 heterocycles. The van der Waals surface area contributed by atoms with Gasteiger partial charge in [0.25, 0.3) is 0 Å². The van der Waals surface area contributed by atoms with Crippen LogP contribution < -0.4 is 9.64 Å². The van der Waals surface area contributed by atoms with Crippen molar-refractivity contribution in [2.75, 3.05) is 25.1 Å². The summed E-state index contributed by atoms with van der Waals surface area (Å²) in [6, 6.07) is 18.6. The minimum atomic E-state index is 0.242. The number of benzene rings is 1. The van der Waals surface area contributed by atoms with Gasteiger partial charge in [0.1, 0.15) is 17.9 Å². The van der Waals surface area contributed by atoms with E-state index in [4.69, 9.17) is 9.72 Å². The third-order valence-corrected chi connectivity index (χ3v) is 7.68. The summed E-state index contributed by atoms with van der Waals surface area (Å²) in [7, 11) is 1.64. The van der Waals surface area contributed by atoms with E-state index in [1.165, 1.54) is 12.0 Å². The van der Waals surface area contributed by atoms with Crippen molar-refractivity contribution >= 4 is 11.5 Å². The standard InChI is InChI=1S/C29H27N7O2/c1-38-28-9-2-19(12-31-28)14-35-23-11-24(35)17-34(16-23)27-8-5-21(13-30-27)26-10-22(15-36-29(26)32-18-33-36)20-3-6-25(37)7-4-20/h2-10,12-13,15,18,23-24,37H,11,14,16-17H2,1H3. The second-order valence-corrected chi connectivity index (χ2v) is 9.95. The van der Waals surface area contributed by atoms with Gasteiger partial charge in [0, 0.05) is 73.1 Å². The first-order valence-electron chi connectivity index (χ1n) is 12.7. The zero-order valence-corrected chi connectivity index (χ0v) is 21.0. The minimum Gasteiger partial charge on any atom is -0.508 e. The van der Waals surface area contributed by atoms with E-state index in [2.05, 4.69) is 49.1 Å². The molecule has 4 aromatic heterocycles. The predicted molar refractivity (Wildman–Crippen MR) is 144 cm³/mol. The number of aromatic hydroxyl groups is 1. The number of piperidine rings is 1. The molecule has 0 amide bonds. The van der Waals surface area contributed by atoms with Crippen LogP contribution in [0.25, 0.3) is 27.9 Å². The Labute approximate surface area is 220 Å². The highest BCUT2D eigenvalue weighted by Crippen LogP contribution is 2.36. The Morgan fingerprint density at radius 2 is 1.71 bits per heavy atom. The normalized spacial score (nSPS) is 18.9. The van der Waals surface area contributed by atoms with E-state index in [9.17, 15) is 5.11 Å². The largest absolute Gasteiger partial charge is 0.508 e. The van der Waals surface area contributed by atoms with Gasteiger partial charge in [-0.15, -0.1) is 0 Å². The molecular weight excluding hydrogens is 478 g/mol. The monoisotopic (exact) mass is 505 g/mol. The Hall–Kier alpha value is -4.50. The number of phenolic OH excluding ortho intramolecular Hbond substituents is 1. The summed E-state index contributed by atoms with van der Waals surface area (Å²) in [4.78, 5) is 18.7. The van der Waals surface area contributed by atoms with Crippen LogP contribution in [0.5, 0.6) is 11.6 Å². The van der Waals surface area contributed by atoms with E-state index in [1.807, 2.05) is 36.8 Å². The maximum Gasteiger partial charge on any atom is 0.212 e. The first-order chi connectivity index (χ1) is 18.6. The zero-order chi connectivity index (χ0) is 25.6. The van der Waals surface area contributed by atoms with Gasteiger partial charge in [0.15, 0.2) is 5.65 Å². The highest BCUT2D eigenvalue weighted by molar-refractivity contribution is 5.82. The third-order valence-electron chi connectivity index (χ3n) is 7.68. The van der Waals surface area contributed by atoms with Crippen molar-refractivity contribution in [3.8, 4) is 33.9 Å². The summed E-state index contributed by atoms with van der Waals surface area (Å²) in [5.41, 5.74) is 5.94. The van der Waals surface area contributed by atoms with Gasteiger partial charge >= 0.3 is 0 Å². The number of hydrogen-bond acceptors (Lipinski definition) is 8. The lowest BCUT2D eigenvalue weighted by Crippen LogP contribution is -2.68. The molecule has 3 saturated heterocycles. The summed E-state index contributed by atoms with van der Waals surface area (Å²) in [5.74, 6) is 1.89. The molecule has 9 heteroatoms. The fourth-order valence-electron chi connectivity index (χ4n) is 5.65. The zero-order valence-electron chi connectivity index (χ0n) is 21.0. The predicted octanol–water partition coefficient (Wildman–Crippen LogP) is 4.03. The van der Waals surface area contributed by atoms with Gasteiger partial charge in [-0.05, 0) is 47.9 Å². The van der Waals surface area contributed by atoms with Gasteiger partial charge < -0.3 is 14.7 Å². The van der Waals surface area contributed by atoms with Crippen molar-refractivity contribution in [3.05, 3.63) is 85.1 Å². The average molecular weight is 506 g/mol. The Morgan fingerprint density at radius 1 is 0.895 bits per heavy atom. The number of hydrogen-bond donors (Lipinski definition) is 1. The van der Waals surface area contributed by atoms with Gasteiger partial charge in [-0.3, -0.25) is 4.90 Å². The number of pyridine rings is 3. The first kappa shape index (κ1) is 22.7. The highest BCUT2D eigenvalue weighted by Gasteiger charge is 2.44. The van der Waals surface area contributed by atoms with Crippen LogP contribution in [0.3, 0.4) is 0 Å². The lowest BCUT2D eigenvalue weighted by atomic mass is 9.87. The van der Waals surface area contributed by atoms with Crippen molar-refractivity contribution in [1.82, 2.24) is 29.5 Å². The molecule has 1 aromatic carbocycles. The molecule has 3 fully saturated rings. The van der Waals surface area contributed by atoms with E-state index in [0.717, 1.165) is 53.4 Å². The number of aromatic nitrogens is 5. The van der Waals surface area contributed by atoms with E-state index < -0.39 is 0 Å². The molecule has 190 valence electrons. The Balaban J connectivity index is 1.09. The summed E-state index contributed by atoms with van der Waals surface area (Å²) >= 11 is 0. The Bertz CT molecular complexity index is 1570. The molecule has 2 bridgehead atoms. The van der Waals surface area contributed by atoms with Crippen LogP contribution in [0.2, 0.25) is 0 Å². The minimum absolute atomic E-state index is 0.242. The highest BCUT2D eigenvalue weighted by atomic mass is 16.5. The van der Waals surface area contributed by atoms with E-state index in [0.29, 0.717) is 18.0 Å². The lowest BCUT2D eigenvalue weighted by Gasteiger charge is -2.56. The second kappa shape index (κ2) is 9.11. The number of rotatable bonds is 6. The quantitative estimate of drug-likeness (QED) is 0.370. The average Bonchev–Trinajstić information content (AvgIpc) is 3.45. The second-order valence-electron chi connectivity index (χ2n) is 9.95.